The quantitative estimate of drug-likeness (QED) is 0.0864. The molecule has 1 atom stereocenters. The number of hydrogen-bond acceptors (Lipinski definition) is 7. The third-order valence-electron chi connectivity index (χ3n) is 7.15. The zero-order valence-corrected chi connectivity index (χ0v) is 23.4. The van der Waals surface area contributed by atoms with Crippen LogP contribution in [0.1, 0.15) is 41.5 Å². The van der Waals surface area contributed by atoms with Gasteiger partial charge in [0.15, 0.2) is 0 Å². The van der Waals surface area contributed by atoms with E-state index >= 15 is 0 Å². The van der Waals surface area contributed by atoms with Gasteiger partial charge in [-0.25, -0.2) is 4.79 Å². The summed E-state index contributed by atoms with van der Waals surface area (Å²) in [7, 11) is 1.39. The molecule has 0 saturated carbocycles. The molecule has 12 heteroatoms. The standard InChI is InChI=1S/C31H28N6O6/c1-18(38)32-15-3-4-19-5-9-21(10-6-19)28(27-24-17-23(37(42)43)13-14-25(24)34-29(27)39)33-22-11-7-20(8-12-22)16-26-30(40)36(2)31(41)35-26/h5-14,16-17,27H,3-4,15H2,1-2H3,(H,32,38)(H,34,39)(H,35,41). The SMILES string of the molecule is CC(=O)NCCCc1ccc(C(=Nc2ccc(C=C3NC(=O)N(C)C3=O)cc2)C2C(=O)Nc3ccc([N+](=O)[O-])cc32)cc1. The van der Waals surface area contributed by atoms with Crippen LogP contribution in [-0.4, -0.2) is 52.9 Å². The highest BCUT2D eigenvalue weighted by atomic mass is 16.6. The highest BCUT2D eigenvalue weighted by molar-refractivity contribution is 6.24. The molecule has 0 radical (unpaired) electrons. The number of aliphatic imine (C=N–C) groups is 1. The molecule has 0 bridgehead atoms. The van der Waals surface area contributed by atoms with Crippen molar-refractivity contribution in [1.82, 2.24) is 15.5 Å². The first-order valence-corrected chi connectivity index (χ1v) is 13.5. The van der Waals surface area contributed by atoms with Crippen LogP contribution in [-0.2, 0) is 20.8 Å². The van der Waals surface area contributed by atoms with E-state index in [1.54, 1.807) is 30.3 Å². The van der Waals surface area contributed by atoms with Crippen molar-refractivity contribution in [1.29, 1.82) is 0 Å². The molecule has 1 saturated heterocycles. The Morgan fingerprint density at radius 3 is 2.40 bits per heavy atom. The maximum atomic E-state index is 13.3. The minimum atomic E-state index is -0.899. The summed E-state index contributed by atoms with van der Waals surface area (Å²) in [5.41, 5.74) is 4.25. The molecule has 1 unspecified atom stereocenters. The van der Waals surface area contributed by atoms with Crippen molar-refractivity contribution in [2.75, 3.05) is 18.9 Å². The number of benzene rings is 3. The lowest BCUT2D eigenvalue weighted by atomic mass is 9.89. The van der Waals surface area contributed by atoms with E-state index in [1.165, 1.54) is 32.2 Å². The first-order chi connectivity index (χ1) is 20.6. The number of nitrogens with zero attached hydrogens (tertiary/aromatic N) is 3. The first-order valence-electron chi connectivity index (χ1n) is 13.5. The van der Waals surface area contributed by atoms with Crippen LogP contribution in [0.15, 0.2) is 77.4 Å². The number of rotatable bonds is 9. The summed E-state index contributed by atoms with van der Waals surface area (Å²) in [5, 5.41) is 19.6. The number of non-ortho nitro benzene ring substituents is 1. The molecule has 5 rings (SSSR count). The van der Waals surface area contributed by atoms with Crippen molar-refractivity contribution in [2.45, 2.75) is 25.7 Å². The fourth-order valence-corrected chi connectivity index (χ4v) is 4.90. The lowest BCUT2D eigenvalue weighted by Gasteiger charge is -2.15. The van der Waals surface area contributed by atoms with Gasteiger partial charge in [0.1, 0.15) is 11.6 Å². The molecule has 3 aromatic carbocycles. The van der Waals surface area contributed by atoms with E-state index in [4.69, 9.17) is 4.99 Å². The van der Waals surface area contributed by atoms with Crippen LogP contribution in [0.5, 0.6) is 0 Å². The second kappa shape index (κ2) is 12.1. The van der Waals surface area contributed by atoms with Crippen LogP contribution >= 0.6 is 0 Å². The van der Waals surface area contributed by atoms with Crippen LogP contribution in [0, 0.1) is 10.1 Å². The first kappa shape index (κ1) is 28.9. The van der Waals surface area contributed by atoms with Crippen molar-refractivity contribution in [3.8, 4) is 0 Å². The number of hydrogen-bond donors (Lipinski definition) is 3. The summed E-state index contributed by atoms with van der Waals surface area (Å²) in [5.74, 6) is -1.77. The average molecular weight is 581 g/mol. The van der Waals surface area contributed by atoms with Gasteiger partial charge >= 0.3 is 6.03 Å². The van der Waals surface area contributed by atoms with Crippen molar-refractivity contribution in [3.05, 3.63) is 105 Å². The average Bonchev–Trinajstić information content (AvgIpc) is 3.44. The number of fused-ring (bicyclic) bond motifs is 1. The van der Waals surface area contributed by atoms with Crippen LogP contribution in [0.4, 0.5) is 21.9 Å². The molecule has 0 spiro atoms. The Labute approximate surface area is 246 Å². The smallest absolute Gasteiger partial charge is 0.328 e. The Morgan fingerprint density at radius 1 is 1.05 bits per heavy atom. The van der Waals surface area contributed by atoms with Crippen molar-refractivity contribution in [3.63, 3.8) is 0 Å². The normalized spacial score (nSPS) is 17.1. The van der Waals surface area contributed by atoms with E-state index in [0.29, 0.717) is 40.3 Å². The van der Waals surface area contributed by atoms with Crippen molar-refractivity contribution < 1.29 is 24.1 Å². The monoisotopic (exact) mass is 580 g/mol. The fourth-order valence-electron chi connectivity index (χ4n) is 4.90. The summed E-state index contributed by atoms with van der Waals surface area (Å²) in [4.78, 5) is 65.2. The molecule has 1 fully saturated rings. The second-order valence-corrected chi connectivity index (χ2v) is 10.2. The fraction of sp³-hybridized carbons (Fsp3) is 0.194. The number of imide groups is 1. The molecule has 2 heterocycles. The zero-order chi connectivity index (χ0) is 30.7. The van der Waals surface area contributed by atoms with Gasteiger partial charge in [0.25, 0.3) is 11.6 Å². The molecule has 2 aliphatic rings. The molecule has 0 aromatic heterocycles. The van der Waals surface area contributed by atoms with Crippen LogP contribution in [0.25, 0.3) is 6.08 Å². The summed E-state index contributed by atoms with van der Waals surface area (Å²) in [6, 6.07) is 18.2. The molecule has 0 aliphatic carbocycles. The number of nitro benzene ring substituents is 1. The number of carbonyl (C=O) groups excluding carboxylic acids is 4. The summed E-state index contributed by atoms with van der Waals surface area (Å²) in [6.45, 7) is 2.03. The predicted molar refractivity (Wildman–Crippen MR) is 160 cm³/mol. The minimum Gasteiger partial charge on any atom is -0.356 e. The molecule has 2 aliphatic heterocycles. The van der Waals surface area contributed by atoms with Gasteiger partial charge in [0.05, 0.1) is 16.3 Å². The predicted octanol–water partition coefficient (Wildman–Crippen LogP) is 4.04. The van der Waals surface area contributed by atoms with Crippen LogP contribution in [0.3, 0.4) is 0 Å². The lowest BCUT2D eigenvalue weighted by molar-refractivity contribution is -0.384. The number of nitrogens with one attached hydrogen (secondary N) is 3. The van der Waals surface area contributed by atoms with E-state index < -0.39 is 22.8 Å². The molecular formula is C31H28N6O6. The van der Waals surface area contributed by atoms with Crippen molar-refractivity contribution in [2.24, 2.45) is 4.99 Å². The third-order valence-corrected chi connectivity index (χ3v) is 7.15. The van der Waals surface area contributed by atoms with Gasteiger partial charge < -0.3 is 16.0 Å². The Balaban J connectivity index is 1.49. The maximum Gasteiger partial charge on any atom is 0.328 e. The van der Waals surface area contributed by atoms with Crippen LogP contribution in [0.2, 0.25) is 0 Å². The summed E-state index contributed by atoms with van der Waals surface area (Å²) >= 11 is 0. The van der Waals surface area contributed by atoms with E-state index in [0.717, 1.165) is 23.3 Å². The van der Waals surface area contributed by atoms with Gasteiger partial charge in [-0.05, 0) is 53.8 Å². The van der Waals surface area contributed by atoms with E-state index in [-0.39, 0.29) is 23.2 Å². The molecule has 5 amide bonds. The molecule has 3 N–H and O–H groups in total. The summed E-state index contributed by atoms with van der Waals surface area (Å²) < 4.78 is 0. The van der Waals surface area contributed by atoms with E-state index in [9.17, 15) is 29.3 Å². The number of aryl methyl sites for hydroxylation is 1. The Bertz CT molecular complexity index is 1690. The van der Waals surface area contributed by atoms with Gasteiger partial charge in [-0.1, -0.05) is 36.4 Å². The Hall–Kier alpha value is -5.65. The molecular weight excluding hydrogens is 552 g/mol. The number of likely N-dealkylation sites (N-methyl/N-ethyl adjacent to an activating group) is 1. The minimum absolute atomic E-state index is 0.0809. The number of urea groups is 1. The number of anilines is 1. The Morgan fingerprint density at radius 2 is 1.77 bits per heavy atom. The maximum absolute atomic E-state index is 13.3. The van der Waals surface area contributed by atoms with E-state index in [2.05, 4.69) is 16.0 Å². The second-order valence-electron chi connectivity index (χ2n) is 10.2. The summed E-state index contributed by atoms with van der Waals surface area (Å²) in [6.07, 6.45) is 3.06. The number of amides is 5. The van der Waals surface area contributed by atoms with Gasteiger partial charge in [-0.2, -0.15) is 0 Å². The van der Waals surface area contributed by atoms with E-state index in [1.807, 2.05) is 24.3 Å². The molecule has 3 aromatic rings. The van der Waals surface area contributed by atoms with Gasteiger partial charge in [0, 0.05) is 43.9 Å². The highest BCUT2D eigenvalue weighted by Crippen LogP contribution is 2.38. The molecule has 43 heavy (non-hydrogen) atoms. The van der Waals surface area contributed by atoms with Gasteiger partial charge in [-0.3, -0.25) is 34.4 Å². The number of carbonyl (C=O) groups is 4. The molecule has 12 nitrogen and oxygen atoms in total. The molecule has 218 valence electrons. The number of nitro groups is 1. The highest BCUT2D eigenvalue weighted by Gasteiger charge is 2.37. The topological polar surface area (TPSA) is 163 Å². The largest absolute Gasteiger partial charge is 0.356 e. The van der Waals surface area contributed by atoms with Gasteiger partial charge in [-0.15, -0.1) is 0 Å². The van der Waals surface area contributed by atoms with Crippen LogP contribution < -0.4 is 16.0 Å². The van der Waals surface area contributed by atoms with Gasteiger partial charge in [0.2, 0.25) is 11.8 Å². The Kier molecular flexibility index (Phi) is 8.10. The van der Waals surface area contributed by atoms with Crippen molar-refractivity contribution >= 4 is 52.6 Å². The zero-order valence-electron chi connectivity index (χ0n) is 23.4. The lowest BCUT2D eigenvalue weighted by Crippen LogP contribution is -2.25. The third kappa shape index (κ3) is 6.32.